The summed E-state index contributed by atoms with van der Waals surface area (Å²) >= 11 is 0. The first-order valence-electron chi connectivity index (χ1n) is 25.2. The van der Waals surface area contributed by atoms with E-state index >= 15 is 0 Å². The Hall–Kier alpha value is -0.660. The van der Waals surface area contributed by atoms with Gasteiger partial charge in [-0.2, -0.15) is 8.42 Å². The van der Waals surface area contributed by atoms with Gasteiger partial charge in [0, 0.05) is 6.42 Å². The minimum Gasteiger partial charge on any atom is -0.391 e. The van der Waals surface area contributed by atoms with E-state index in [0.29, 0.717) is 12.8 Å². The summed E-state index contributed by atoms with van der Waals surface area (Å²) in [4.78, 5) is 12.6. The summed E-state index contributed by atoms with van der Waals surface area (Å²) in [7, 11) is -4.31. The van der Waals surface area contributed by atoms with Crippen LogP contribution in [0.15, 0.2) is 0 Å². The molecule has 336 valence electrons. The van der Waals surface area contributed by atoms with Crippen LogP contribution < -0.4 is 5.32 Å². The molecule has 2 unspecified atom stereocenters. The van der Waals surface area contributed by atoms with Crippen molar-refractivity contribution in [2.24, 2.45) is 0 Å². The van der Waals surface area contributed by atoms with Gasteiger partial charge in [-0.1, -0.05) is 271 Å². The van der Waals surface area contributed by atoms with Gasteiger partial charge in [-0.05, 0) is 12.8 Å². The molecule has 0 bridgehead atoms. The Morgan fingerprint density at radius 1 is 0.411 bits per heavy atom. The Bertz CT molecular complexity index is 897. The molecule has 2 atom stereocenters. The molecule has 7 heteroatoms. The second-order valence-corrected chi connectivity index (χ2v) is 19.3. The molecule has 6 nitrogen and oxygen atoms in total. The number of hydrogen-bond donors (Lipinski definition) is 3. The van der Waals surface area contributed by atoms with Gasteiger partial charge in [-0.15, -0.1) is 0 Å². The molecule has 0 aromatic rings. The van der Waals surface area contributed by atoms with Crippen molar-refractivity contribution in [3.05, 3.63) is 0 Å². The van der Waals surface area contributed by atoms with E-state index in [1.165, 1.54) is 225 Å². The van der Waals surface area contributed by atoms with E-state index in [2.05, 4.69) is 19.2 Å². The van der Waals surface area contributed by atoms with Gasteiger partial charge in [-0.3, -0.25) is 9.35 Å². The fourth-order valence-electron chi connectivity index (χ4n) is 8.28. The van der Waals surface area contributed by atoms with Crippen LogP contribution in [-0.2, 0) is 14.9 Å². The van der Waals surface area contributed by atoms with Crippen molar-refractivity contribution in [3.63, 3.8) is 0 Å². The fourth-order valence-corrected chi connectivity index (χ4v) is 9.04. The molecule has 0 heterocycles. The normalized spacial score (nSPS) is 13.0. The largest absolute Gasteiger partial charge is 0.391 e. The van der Waals surface area contributed by atoms with Crippen molar-refractivity contribution in [3.8, 4) is 0 Å². The van der Waals surface area contributed by atoms with Crippen molar-refractivity contribution in [1.29, 1.82) is 0 Å². The Kier molecular flexibility index (Phi) is 43.4. The summed E-state index contributed by atoms with van der Waals surface area (Å²) in [5.41, 5.74) is 0. The van der Waals surface area contributed by atoms with E-state index in [-0.39, 0.29) is 5.91 Å². The fraction of sp³-hybridized carbons (Fsp3) is 0.980. The highest BCUT2D eigenvalue weighted by molar-refractivity contribution is 7.85. The van der Waals surface area contributed by atoms with Crippen molar-refractivity contribution < 1.29 is 22.9 Å². The minimum absolute atomic E-state index is 0.237. The van der Waals surface area contributed by atoms with Crippen molar-refractivity contribution in [1.82, 2.24) is 5.32 Å². The quantitative estimate of drug-likeness (QED) is 0.0419. The van der Waals surface area contributed by atoms with Crippen LogP contribution in [0, 0.1) is 0 Å². The first kappa shape index (κ1) is 55.3. The Balaban J connectivity index is 3.70. The van der Waals surface area contributed by atoms with Crippen LogP contribution in [0.3, 0.4) is 0 Å². The van der Waals surface area contributed by atoms with E-state index in [1.807, 2.05) is 0 Å². The third-order valence-electron chi connectivity index (χ3n) is 12.1. The number of nitrogens with one attached hydrogen (secondary N) is 1. The predicted molar refractivity (Wildman–Crippen MR) is 244 cm³/mol. The zero-order chi connectivity index (χ0) is 41.1. The lowest BCUT2D eigenvalue weighted by molar-refractivity contribution is -0.122. The van der Waals surface area contributed by atoms with Gasteiger partial charge in [0.05, 0.1) is 17.9 Å². The van der Waals surface area contributed by atoms with E-state index in [1.54, 1.807) is 0 Å². The highest BCUT2D eigenvalue weighted by Crippen LogP contribution is 2.18. The van der Waals surface area contributed by atoms with Gasteiger partial charge in [0.25, 0.3) is 10.1 Å². The number of carbonyl (C=O) groups is 1. The van der Waals surface area contributed by atoms with Gasteiger partial charge >= 0.3 is 0 Å². The molecular weight excluding hydrogens is 715 g/mol. The predicted octanol–water partition coefficient (Wildman–Crippen LogP) is 15.5. The summed E-state index contributed by atoms with van der Waals surface area (Å²) in [6.07, 6.45) is 53.6. The number of carbonyl (C=O) groups excluding carboxylic acids is 1. The summed E-state index contributed by atoms with van der Waals surface area (Å²) in [6.45, 7) is 4.56. The zero-order valence-corrected chi connectivity index (χ0v) is 38.6. The van der Waals surface area contributed by atoms with Gasteiger partial charge in [0.1, 0.15) is 0 Å². The summed E-state index contributed by atoms with van der Waals surface area (Å²) in [6, 6.07) is -0.965. The molecule has 0 saturated carbocycles. The summed E-state index contributed by atoms with van der Waals surface area (Å²) < 4.78 is 32.7. The Morgan fingerprint density at radius 3 is 0.893 bits per heavy atom. The molecule has 3 N–H and O–H groups in total. The van der Waals surface area contributed by atoms with Gasteiger partial charge in [0.15, 0.2) is 0 Å². The number of aliphatic hydroxyl groups is 1. The van der Waals surface area contributed by atoms with Crippen LogP contribution in [-0.4, -0.2) is 41.9 Å². The molecular formula is C49H99NO5S. The Morgan fingerprint density at radius 2 is 0.643 bits per heavy atom. The Labute approximate surface area is 350 Å². The van der Waals surface area contributed by atoms with Gasteiger partial charge < -0.3 is 10.4 Å². The SMILES string of the molecule is CCCCCCCCCCCCCCCCCCCCCCCCCC(=O)NC(CS(=O)(=O)O)C(O)CCCCCCCCCCCCCCCCCCCC. The van der Waals surface area contributed by atoms with Crippen LogP contribution in [0.5, 0.6) is 0 Å². The first-order chi connectivity index (χ1) is 27.3. The number of aliphatic hydroxyl groups excluding tert-OH is 1. The van der Waals surface area contributed by atoms with Crippen molar-refractivity contribution >= 4 is 16.0 Å². The molecule has 56 heavy (non-hydrogen) atoms. The van der Waals surface area contributed by atoms with Crippen LogP contribution >= 0.6 is 0 Å². The monoisotopic (exact) mass is 814 g/mol. The van der Waals surface area contributed by atoms with E-state index in [9.17, 15) is 22.9 Å². The van der Waals surface area contributed by atoms with Crippen LogP contribution in [0.2, 0.25) is 0 Å². The molecule has 0 radical (unpaired) electrons. The van der Waals surface area contributed by atoms with Gasteiger partial charge in [0.2, 0.25) is 5.91 Å². The molecule has 1 amide bonds. The van der Waals surface area contributed by atoms with Crippen molar-refractivity contribution in [2.45, 2.75) is 302 Å². The maximum Gasteiger partial charge on any atom is 0.266 e. The maximum absolute atomic E-state index is 12.6. The molecule has 0 aliphatic rings. The highest BCUT2D eigenvalue weighted by atomic mass is 32.2. The maximum atomic E-state index is 12.6. The third kappa shape index (κ3) is 44.4. The van der Waals surface area contributed by atoms with E-state index in [4.69, 9.17) is 0 Å². The molecule has 0 aromatic carbocycles. The lowest BCUT2D eigenvalue weighted by atomic mass is 10.0. The molecule has 0 aromatic heterocycles. The lowest BCUT2D eigenvalue weighted by Gasteiger charge is -2.23. The van der Waals surface area contributed by atoms with Gasteiger partial charge in [-0.25, -0.2) is 0 Å². The number of unbranched alkanes of at least 4 members (excludes halogenated alkanes) is 39. The lowest BCUT2D eigenvalue weighted by Crippen LogP contribution is -2.47. The van der Waals surface area contributed by atoms with E-state index in [0.717, 1.165) is 38.5 Å². The first-order valence-corrected chi connectivity index (χ1v) is 26.8. The minimum atomic E-state index is -4.31. The summed E-state index contributed by atoms with van der Waals surface area (Å²) in [5, 5.41) is 13.4. The topological polar surface area (TPSA) is 104 Å². The second kappa shape index (κ2) is 43.9. The molecule has 0 aliphatic carbocycles. The number of hydrogen-bond acceptors (Lipinski definition) is 4. The summed E-state index contributed by atoms with van der Waals surface area (Å²) in [5.74, 6) is -0.878. The standard InChI is InChI=1S/C49H99NO5S/c1-3-5-7-9-11-13-15-17-19-21-23-24-25-26-27-29-31-33-35-37-39-41-43-45-49(52)50-47(46-56(53,54)55)48(51)44-42-40-38-36-34-32-30-28-22-20-18-16-14-12-10-8-6-4-2/h47-48,51H,3-46H2,1-2H3,(H,50,52)(H,53,54,55). The zero-order valence-electron chi connectivity index (χ0n) is 37.8. The average molecular weight is 814 g/mol. The molecule has 0 rings (SSSR count). The molecule has 0 spiro atoms. The molecule has 0 saturated heterocycles. The number of rotatable bonds is 47. The smallest absolute Gasteiger partial charge is 0.266 e. The third-order valence-corrected chi connectivity index (χ3v) is 12.8. The second-order valence-electron chi connectivity index (χ2n) is 17.8. The highest BCUT2D eigenvalue weighted by Gasteiger charge is 2.26. The van der Waals surface area contributed by atoms with Crippen LogP contribution in [0.25, 0.3) is 0 Å². The van der Waals surface area contributed by atoms with E-state index < -0.39 is 28.0 Å². The van der Waals surface area contributed by atoms with Crippen LogP contribution in [0.1, 0.15) is 290 Å². The average Bonchev–Trinajstić information content (AvgIpc) is 3.16. The molecule has 0 aliphatic heterocycles. The number of amides is 1. The van der Waals surface area contributed by atoms with Crippen LogP contribution in [0.4, 0.5) is 0 Å². The van der Waals surface area contributed by atoms with Crippen molar-refractivity contribution in [2.75, 3.05) is 5.75 Å². The molecule has 0 fully saturated rings.